The molecule has 0 amide bonds. The van der Waals surface area contributed by atoms with Gasteiger partial charge in [0.1, 0.15) is 5.82 Å². The van der Waals surface area contributed by atoms with E-state index in [-0.39, 0.29) is 0 Å². The Morgan fingerprint density at radius 2 is 2.05 bits per heavy atom. The van der Waals surface area contributed by atoms with Crippen LogP contribution >= 0.6 is 0 Å². The Morgan fingerprint density at radius 3 is 2.63 bits per heavy atom. The van der Waals surface area contributed by atoms with Crippen LogP contribution in [0.15, 0.2) is 24.4 Å². The maximum atomic E-state index is 5.05. The minimum atomic E-state index is 0.585. The van der Waals surface area contributed by atoms with Gasteiger partial charge in [-0.25, -0.2) is 15.0 Å². The highest BCUT2D eigenvalue weighted by atomic mass is 16.5. The van der Waals surface area contributed by atoms with Gasteiger partial charge in [-0.15, -0.1) is 0 Å². The molecule has 0 aliphatic carbocycles. The van der Waals surface area contributed by atoms with Crippen LogP contribution in [0, 0.1) is 0 Å². The van der Waals surface area contributed by atoms with Crippen molar-refractivity contribution in [2.75, 3.05) is 19.0 Å². The number of aryl methyl sites for hydroxylation is 1. The molecule has 5 heteroatoms. The molecule has 0 aliphatic heterocycles. The molecule has 2 aromatic heterocycles. The average molecular weight is 258 g/mol. The molecule has 0 saturated heterocycles. The zero-order chi connectivity index (χ0) is 13.7. The third kappa shape index (κ3) is 3.19. The predicted octanol–water partition coefficient (Wildman–Crippen LogP) is 2.54. The molecule has 1 N–H and O–H groups in total. The van der Waals surface area contributed by atoms with Gasteiger partial charge in [-0.3, -0.25) is 0 Å². The van der Waals surface area contributed by atoms with Crippen LogP contribution in [0.2, 0.25) is 0 Å². The van der Waals surface area contributed by atoms with Crippen LogP contribution < -0.4 is 10.1 Å². The van der Waals surface area contributed by atoms with E-state index in [1.54, 1.807) is 13.3 Å². The van der Waals surface area contributed by atoms with Gasteiger partial charge < -0.3 is 10.1 Å². The molecule has 100 valence electrons. The molecule has 2 aromatic rings. The maximum Gasteiger partial charge on any atom is 0.212 e. The molecule has 19 heavy (non-hydrogen) atoms. The molecule has 2 heterocycles. The van der Waals surface area contributed by atoms with Crippen molar-refractivity contribution in [1.29, 1.82) is 0 Å². The van der Waals surface area contributed by atoms with Gasteiger partial charge in [-0.1, -0.05) is 6.92 Å². The number of hydrogen-bond acceptors (Lipinski definition) is 5. The Hall–Kier alpha value is -2.17. The van der Waals surface area contributed by atoms with Crippen molar-refractivity contribution in [3.05, 3.63) is 30.1 Å². The van der Waals surface area contributed by atoms with Crippen molar-refractivity contribution < 1.29 is 4.74 Å². The summed E-state index contributed by atoms with van der Waals surface area (Å²) in [7, 11) is 1.60. The van der Waals surface area contributed by atoms with Crippen molar-refractivity contribution >= 4 is 5.82 Å². The van der Waals surface area contributed by atoms with Gasteiger partial charge in [0.05, 0.1) is 7.11 Å². The Bertz CT molecular complexity index is 540. The summed E-state index contributed by atoms with van der Waals surface area (Å²) in [6, 6.07) is 5.70. The van der Waals surface area contributed by atoms with Gasteiger partial charge in [-0.2, -0.15) is 0 Å². The Labute approximate surface area is 113 Å². The molecule has 0 spiro atoms. The van der Waals surface area contributed by atoms with Crippen molar-refractivity contribution in [3.63, 3.8) is 0 Å². The third-order valence-electron chi connectivity index (χ3n) is 2.70. The van der Waals surface area contributed by atoms with Crippen LogP contribution in [0.25, 0.3) is 11.4 Å². The number of aromatic nitrogens is 3. The summed E-state index contributed by atoms with van der Waals surface area (Å²) < 4.78 is 5.05. The number of methoxy groups -OCH3 is 1. The minimum absolute atomic E-state index is 0.585. The Morgan fingerprint density at radius 1 is 1.21 bits per heavy atom. The zero-order valence-electron chi connectivity index (χ0n) is 11.5. The van der Waals surface area contributed by atoms with Crippen LogP contribution in [0.3, 0.4) is 0 Å². The van der Waals surface area contributed by atoms with Gasteiger partial charge in [0, 0.05) is 36.1 Å². The fourth-order valence-electron chi connectivity index (χ4n) is 1.71. The number of pyridine rings is 1. The Balaban J connectivity index is 2.38. The third-order valence-corrected chi connectivity index (χ3v) is 2.70. The highest BCUT2D eigenvalue weighted by Gasteiger charge is 2.06. The summed E-state index contributed by atoms with van der Waals surface area (Å²) in [5, 5.41) is 3.22. The monoisotopic (exact) mass is 258 g/mol. The number of rotatable bonds is 5. The molecule has 0 saturated carbocycles. The van der Waals surface area contributed by atoms with Crippen molar-refractivity contribution in [3.8, 4) is 17.3 Å². The number of hydrogen-bond donors (Lipinski definition) is 1. The molecule has 0 bridgehead atoms. The lowest BCUT2D eigenvalue weighted by Crippen LogP contribution is -2.03. The molecule has 0 radical (unpaired) electrons. The number of ether oxygens (including phenoxy) is 1. The number of nitrogens with zero attached hydrogens (tertiary/aromatic N) is 3. The molecular weight excluding hydrogens is 240 g/mol. The quantitative estimate of drug-likeness (QED) is 0.893. The highest BCUT2D eigenvalue weighted by Crippen LogP contribution is 2.19. The topological polar surface area (TPSA) is 59.9 Å². The summed E-state index contributed by atoms with van der Waals surface area (Å²) in [6.07, 6.45) is 2.60. The number of nitrogens with one attached hydrogen (secondary N) is 1. The van der Waals surface area contributed by atoms with Crippen LogP contribution in [-0.4, -0.2) is 28.6 Å². The van der Waals surface area contributed by atoms with Crippen molar-refractivity contribution in [2.24, 2.45) is 0 Å². The first-order valence-electron chi connectivity index (χ1n) is 6.39. The molecule has 0 unspecified atom stereocenters. The molecule has 0 atom stereocenters. The summed E-state index contributed by atoms with van der Waals surface area (Å²) in [4.78, 5) is 13.2. The first-order chi connectivity index (χ1) is 9.26. The molecule has 2 rings (SSSR count). The van der Waals surface area contributed by atoms with Crippen LogP contribution in [0.1, 0.15) is 19.5 Å². The smallest absolute Gasteiger partial charge is 0.212 e. The van der Waals surface area contributed by atoms with Gasteiger partial charge in [0.15, 0.2) is 5.82 Å². The summed E-state index contributed by atoms with van der Waals surface area (Å²) in [5.41, 5.74) is 1.90. The van der Waals surface area contributed by atoms with Crippen molar-refractivity contribution in [1.82, 2.24) is 15.0 Å². The lowest BCUT2D eigenvalue weighted by Gasteiger charge is -2.08. The predicted molar refractivity (Wildman–Crippen MR) is 75.4 cm³/mol. The Kier molecular flexibility index (Phi) is 4.28. The largest absolute Gasteiger partial charge is 0.481 e. The van der Waals surface area contributed by atoms with Crippen LogP contribution in [-0.2, 0) is 6.42 Å². The highest BCUT2D eigenvalue weighted by molar-refractivity contribution is 5.57. The van der Waals surface area contributed by atoms with E-state index in [1.165, 1.54) is 0 Å². The van der Waals surface area contributed by atoms with Crippen molar-refractivity contribution in [2.45, 2.75) is 20.3 Å². The van der Waals surface area contributed by atoms with Gasteiger partial charge in [0.25, 0.3) is 0 Å². The maximum absolute atomic E-state index is 5.05. The first kappa shape index (κ1) is 13.3. The second-order valence-corrected chi connectivity index (χ2v) is 4.04. The molecule has 0 aliphatic rings. The van der Waals surface area contributed by atoms with Gasteiger partial charge >= 0.3 is 0 Å². The first-order valence-corrected chi connectivity index (χ1v) is 6.39. The molecule has 0 aromatic carbocycles. The summed E-state index contributed by atoms with van der Waals surface area (Å²) in [6.45, 7) is 4.96. The fraction of sp³-hybridized carbons (Fsp3) is 0.357. The zero-order valence-corrected chi connectivity index (χ0v) is 11.5. The van der Waals surface area contributed by atoms with Gasteiger partial charge in [-0.05, 0) is 19.4 Å². The van der Waals surface area contributed by atoms with E-state index in [4.69, 9.17) is 4.74 Å². The minimum Gasteiger partial charge on any atom is -0.481 e. The number of anilines is 1. The van der Waals surface area contributed by atoms with E-state index in [9.17, 15) is 0 Å². The summed E-state index contributed by atoms with van der Waals surface area (Å²) in [5.74, 6) is 2.12. The van der Waals surface area contributed by atoms with E-state index in [1.807, 2.05) is 25.1 Å². The molecule has 5 nitrogen and oxygen atoms in total. The second-order valence-electron chi connectivity index (χ2n) is 4.04. The van der Waals surface area contributed by atoms with Crippen LogP contribution in [0.4, 0.5) is 5.82 Å². The van der Waals surface area contributed by atoms with Gasteiger partial charge in [0.2, 0.25) is 5.88 Å². The average Bonchev–Trinajstić information content (AvgIpc) is 2.47. The van der Waals surface area contributed by atoms with E-state index in [2.05, 4.69) is 27.2 Å². The van der Waals surface area contributed by atoms with E-state index in [0.29, 0.717) is 11.7 Å². The SMILES string of the molecule is CCNc1cc(CC)nc(-c2ccc(OC)nc2)n1. The van der Waals surface area contributed by atoms with Crippen LogP contribution in [0.5, 0.6) is 5.88 Å². The fourth-order valence-corrected chi connectivity index (χ4v) is 1.71. The van der Waals surface area contributed by atoms with E-state index < -0.39 is 0 Å². The lowest BCUT2D eigenvalue weighted by molar-refractivity contribution is 0.398. The molecule has 0 fully saturated rings. The summed E-state index contributed by atoms with van der Waals surface area (Å²) >= 11 is 0. The normalized spacial score (nSPS) is 10.3. The van der Waals surface area contributed by atoms with E-state index in [0.717, 1.165) is 30.0 Å². The van der Waals surface area contributed by atoms with E-state index >= 15 is 0 Å². The second kappa shape index (κ2) is 6.13. The molecular formula is C14H18N4O. The lowest BCUT2D eigenvalue weighted by atomic mass is 10.2. The standard InChI is InChI=1S/C14H18N4O/c1-4-11-8-12(15-5-2)18-14(17-11)10-6-7-13(19-3)16-9-10/h6-9H,4-5H2,1-3H3,(H,15,17,18).